The molecule has 0 saturated carbocycles. The van der Waals surface area contributed by atoms with E-state index in [0.717, 1.165) is 49.2 Å². The number of benzene rings is 1. The van der Waals surface area contributed by atoms with Gasteiger partial charge >= 0.3 is 0 Å². The third-order valence-corrected chi connectivity index (χ3v) is 7.92. The van der Waals surface area contributed by atoms with Crippen LogP contribution in [0.3, 0.4) is 0 Å². The number of likely N-dealkylation sites (N-methyl/N-ethyl adjacent to an activating group) is 1. The van der Waals surface area contributed by atoms with Gasteiger partial charge in [-0.2, -0.15) is 0 Å². The van der Waals surface area contributed by atoms with Gasteiger partial charge in [-0.05, 0) is 69.4 Å². The number of aryl methyl sites for hydroxylation is 1. The maximum Gasteiger partial charge on any atom is 0.136 e. The molecular weight excluding hydrogens is 390 g/mol. The van der Waals surface area contributed by atoms with Crippen molar-refractivity contribution in [1.82, 2.24) is 19.4 Å². The summed E-state index contributed by atoms with van der Waals surface area (Å²) in [6.45, 7) is 6.42. The lowest BCUT2D eigenvalue weighted by Gasteiger charge is -2.32. The second-order valence-electron chi connectivity index (χ2n) is 8.84. The Labute approximate surface area is 182 Å². The van der Waals surface area contributed by atoms with Crippen molar-refractivity contribution in [1.29, 1.82) is 5.41 Å². The second-order valence-corrected chi connectivity index (χ2v) is 9.92. The van der Waals surface area contributed by atoms with E-state index in [4.69, 9.17) is 10.4 Å². The molecule has 1 aromatic carbocycles. The van der Waals surface area contributed by atoms with E-state index in [9.17, 15) is 0 Å². The topological polar surface area (TPSA) is 48.2 Å². The fraction of sp³-hybridized carbons (Fsp3) is 0.500. The van der Waals surface area contributed by atoms with E-state index in [1.165, 1.54) is 41.9 Å². The van der Waals surface area contributed by atoms with E-state index in [0.29, 0.717) is 11.4 Å². The first-order valence-corrected chi connectivity index (χ1v) is 12.0. The number of fused-ring (bicyclic) bond motifs is 3. The summed E-state index contributed by atoms with van der Waals surface area (Å²) in [5.41, 5.74) is 3.53. The van der Waals surface area contributed by atoms with Gasteiger partial charge < -0.3 is 14.4 Å². The maximum atomic E-state index is 8.79. The summed E-state index contributed by atoms with van der Waals surface area (Å²) < 4.78 is 2.06. The number of nitrogens with one attached hydrogen (secondary N) is 1. The zero-order valence-electron chi connectivity index (χ0n) is 17.8. The van der Waals surface area contributed by atoms with Crippen LogP contribution in [0.4, 0.5) is 0 Å². The molecule has 5 rings (SSSR count). The molecule has 2 aliphatic heterocycles. The lowest BCUT2D eigenvalue weighted by Crippen LogP contribution is -2.34. The zero-order valence-corrected chi connectivity index (χ0v) is 18.6. The molecule has 5 nitrogen and oxygen atoms in total. The van der Waals surface area contributed by atoms with Crippen LogP contribution in [-0.4, -0.2) is 52.6 Å². The van der Waals surface area contributed by atoms with Crippen molar-refractivity contribution in [3.63, 3.8) is 0 Å². The highest BCUT2D eigenvalue weighted by Crippen LogP contribution is 2.31. The van der Waals surface area contributed by atoms with Crippen molar-refractivity contribution in [3.8, 4) is 0 Å². The number of thiophene rings is 1. The normalized spacial score (nSPS) is 18.7. The first-order valence-electron chi connectivity index (χ1n) is 11.2. The van der Waals surface area contributed by atoms with Crippen molar-refractivity contribution in [3.05, 3.63) is 58.2 Å². The molecule has 0 spiro atoms. The predicted octanol–water partition coefficient (Wildman–Crippen LogP) is 3.83. The van der Waals surface area contributed by atoms with Crippen LogP contribution in [0.2, 0.25) is 0 Å². The molecular formula is C24H31N5S. The molecule has 0 radical (unpaired) electrons. The Hall–Kier alpha value is -2.02. The van der Waals surface area contributed by atoms with Crippen molar-refractivity contribution in [2.24, 2.45) is 0 Å². The molecule has 0 unspecified atom stereocenters. The standard InChI is InChI=1S/C24H31N5S/c1-27-13-10-20-21(16-27)30-24-22(20)23(25)29(17-26-24)12-5-11-28-14-8-19(9-15-28)18-6-3-2-4-7-18/h2-4,6-7,17,19,25H,5,8-16H2,1H3. The van der Waals surface area contributed by atoms with E-state index >= 15 is 0 Å². The fourth-order valence-electron chi connectivity index (χ4n) is 5.02. The average molecular weight is 422 g/mol. The highest BCUT2D eigenvalue weighted by molar-refractivity contribution is 7.18. The Morgan fingerprint density at radius 1 is 1.10 bits per heavy atom. The van der Waals surface area contributed by atoms with Gasteiger partial charge in [0.05, 0.1) is 11.7 Å². The van der Waals surface area contributed by atoms with Crippen LogP contribution in [0, 0.1) is 5.41 Å². The van der Waals surface area contributed by atoms with Gasteiger partial charge in [-0.3, -0.25) is 5.41 Å². The Balaban J connectivity index is 1.19. The average Bonchev–Trinajstić information content (AvgIpc) is 3.14. The van der Waals surface area contributed by atoms with Crippen LogP contribution in [0.5, 0.6) is 0 Å². The summed E-state index contributed by atoms with van der Waals surface area (Å²) >= 11 is 1.78. The van der Waals surface area contributed by atoms with Gasteiger partial charge in [-0.1, -0.05) is 30.3 Å². The first-order chi connectivity index (χ1) is 14.7. The van der Waals surface area contributed by atoms with Crippen LogP contribution >= 0.6 is 11.3 Å². The van der Waals surface area contributed by atoms with Gasteiger partial charge in [0.15, 0.2) is 0 Å². The van der Waals surface area contributed by atoms with Crippen LogP contribution < -0.4 is 5.49 Å². The minimum Gasteiger partial charge on any atom is -0.317 e. The summed E-state index contributed by atoms with van der Waals surface area (Å²) in [5, 5.41) is 9.90. The molecule has 30 heavy (non-hydrogen) atoms. The highest BCUT2D eigenvalue weighted by Gasteiger charge is 2.22. The number of nitrogens with zero attached hydrogens (tertiary/aromatic N) is 4. The van der Waals surface area contributed by atoms with Gasteiger partial charge in [0.25, 0.3) is 0 Å². The van der Waals surface area contributed by atoms with Crippen LogP contribution in [0.15, 0.2) is 36.7 Å². The van der Waals surface area contributed by atoms with Gasteiger partial charge in [0.2, 0.25) is 0 Å². The number of likely N-dealkylation sites (tertiary alicyclic amines) is 1. The van der Waals surface area contributed by atoms with Crippen LogP contribution in [0.1, 0.15) is 41.2 Å². The first kappa shape index (κ1) is 19.9. The molecule has 2 aliphatic rings. The van der Waals surface area contributed by atoms with Crippen LogP contribution in [-0.2, 0) is 19.5 Å². The Kier molecular flexibility index (Phi) is 5.72. The summed E-state index contributed by atoms with van der Waals surface area (Å²) in [7, 11) is 2.17. The smallest absolute Gasteiger partial charge is 0.136 e. The van der Waals surface area contributed by atoms with Crippen molar-refractivity contribution >= 4 is 21.6 Å². The molecule has 6 heteroatoms. The quantitative estimate of drug-likeness (QED) is 0.681. The summed E-state index contributed by atoms with van der Waals surface area (Å²) in [6, 6.07) is 11.0. The minimum atomic E-state index is 0.657. The van der Waals surface area contributed by atoms with Gasteiger partial charge in [0.1, 0.15) is 10.3 Å². The Morgan fingerprint density at radius 2 is 1.90 bits per heavy atom. The van der Waals surface area contributed by atoms with Crippen molar-refractivity contribution in [2.45, 2.75) is 44.7 Å². The molecule has 0 bridgehead atoms. The van der Waals surface area contributed by atoms with Crippen molar-refractivity contribution in [2.75, 3.05) is 33.2 Å². The molecule has 1 saturated heterocycles. The number of piperidine rings is 1. The van der Waals surface area contributed by atoms with Gasteiger partial charge in [-0.25, -0.2) is 4.98 Å². The monoisotopic (exact) mass is 421 g/mol. The highest BCUT2D eigenvalue weighted by atomic mass is 32.1. The largest absolute Gasteiger partial charge is 0.317 e. The third kappa shape index (κ3) is 3.96. The minimum absolute atomic E-state index is 0.657. The number of hydrogen-bond donors (Lipinski definition) is 1. The molecule has 1 fully saturated rings. The second kappa shape index (κ2) is 8.61. The summed E-state index contributed by atoms with van der Waals surface area (Å²) in [5.74, 6) is 0.715. The lowest BCUT2D eigenvalue weighted by molar-refractivity contribution is 0.207. The van der Waals surface area contributed by atoms with Gasteiger partial charge in [-0.15, -0.1) is 11.3 Å². The maximum absolute atomic E-state index is 8.79. The van der Waals surface area contributed by atoms with Crippen molar-refractivity contribution < 1.29 is 0 Å². The van der Waals surface area contributed by atoms with E-state index in [1.54, 1.807) is 11.3 Å². The molecule has 1 N–H and O–H groups in total. The van der Waals surface area contributed by atoms with E-state index < -0.39 is 0 Å². The van der Waals surface area contributed by atoms with E-state index in [2.05, 4.69) is 51.7 Å². The lowest BCUT2D eigenvalue weighted by atomic mass is 9.89. The van der Waals surface area contributed by atoms with Crippen LogP contribution in [0.25, 0.3) is 10.2 Å². The predicted molar refractivity (Wildman–Crippen MR) is 123 cm³/mol. The van der Waals surface area contributed by atoms with E-state index in [-0.39, 0.29) is 0 Å². The fourth-order valence-corrected chi connectivity index (χ4v) is 6.29. The Morgan fingerprint density at radius 3 is 2.70 bits per heavy atom. The van der Waals surface area contributed by atoms with Gasteiger partial charge in [0, 0.05) is 24.5 Å². The molecule has 0 aliphatic carbocycles. The zero-order chi connectivity index (χ0) is 20.5. The molecule has 2 aromatic heterocycles. The molecule has 3 aromatic rings. The summed E-state index contributed by atoms with van der Waals surface area (Å²) in [4.78, 5) is 12.1. The summed E-state index contributed by atoms with van der Waals surface area (Å²) in [6.07, 6.45) is 6.51. The molecule has 158 valence electrons. The third-order valence-electron chi connectivity index (χ3n) is 6.80. The number of rotatable bonds is 5. The number of hydrogen-bond acceptors (Lipinski definition) is 5. The number of aromatic nitrogens is 2. The molecule has 4 heterocycles. The Bertz CT molecular complexity index is 1060. The molecule has 0 atom stereocenters. The van der Waals surface area contributed by atoms with E-state index in [1.807, 2.05) is 6.33 Å². The SMILES string of the molecule is CN1CCc2c(sc3ncn(CCCN4CCC(c5ccccc5)CC4)c(=N)c23)C1. The molecule has 0 amide bonds.